The van der Waals surface area contributed by atoms with Crippen LogP contribution in [0.25, 0.3) is 0 Å². The molecule has 0 bridgehead atoms. The van der Waals surface area contributed by atoms with Gasteiger partial charge in [0.1, 0.15) is 18.8 Å². The Morgan fingerprint density at radius 2 is 0.797 bits per heavy atom. The number of allylic oxidation sites excluding steroid dienone is 10. The second-order valence-electron chi connectivity index (χ2n) is 22.0. The van der Waals surface area contributed by atoms with E-state index in [0.29, 0.717) is 19.3 Å². The van der Waals surface area contributed by atoms with E-state index in [1.165, 1.54) is 141 Å². The minimum atomic E-state index is -1.91. The minimum absolute atomic E-state index is 0.0513. The second kappa shape index (κ2) is 55.0. The Hall–Kier alpha value is -3.58. The fourth-order valence-electron chi connectivity index (χ4n) is 9.65. The SMILES string of the molecule is CC/C=C\C/C=C\C/C=C\C/C=C\CCCCC(=O)OC(COC(=O)CCCCCCCCCCCCCCCCCCC)COC1OC(C(=O)O)C(O)C(O)C1OC(=O)CCCCCCCCC/C=C\CCCCCCCC. The lowest BCUT2D eigenvalue weighted by atomic mass is 9.98. The van der Waals surface area contributed by atoms with E-state index >= 15 is 0 Å². The van der Waals surface area contributed by atoms with Crippen LogP contribution >= 0.6 is 0 Å². The normalized spacial score (nSPS) is 18.2. The van der Waals surface area contributed by atoms with Crippen LogP contribution in [0.3, 0.4) is 0 Å². The van der Waals surface area contributed by atoms with Crippen LogP contribution in [0.4, 0.5) is 0 Å². The summed E-state index contributed by atoms with van der Waals surface area (Å²) in [5, 5.41) is 31.6. The molecule has 0 aliphatic carbocycles. The highest BCUT2D eigenvalue weighted by molar-refractivity contribution is 5.74. The van der Waals surface area contributed by atoms with Gasteiger partial charge in [0.25, 0.3) is 0 Å². The third kappa shape index (κ3) is 44.7. The highest BCUT2D eigenvalue weighted by atomic mass is 16.7. The molecule has 1 rings (SSSR count). The summed E-state index contributed by atoms with van der Waals surface area (Å²) in [5.41, 5.74) is 0. The van der Waals surface area contributed by atoms with Gasteiger partial charge in [0.05, 0.1) is 6.61 Å². The molecule has 79 heavy (non-hydrogen) atoms. The van der Waals surface area contributed by atoms with E-state index in [9.17, 15) is 34.5 Å². The molecule has 1 aliphatic heterocycles. The number of ether oxygens (including phenoxy) is 5. The zero-order valence-corrected chi connectivity index (χ0v) is 50.4. The van der Waals surface area contributed by atoms with Crippen LogP contribution in [0.5, 0.6) is 0 Å². The molecule has 0 aromatic heterocycles. The highest BCUT2D eigenvalue weighted by Crippen LogP contribution is 2.27. The maximum absolute atomic E-state index is 13.2. The van der Waals surface area contributed by atoms with Crippen molar-refractivity contribution in [3.05, 3.63) is 60.8 Å². The third-order valence-corrected chi connectivity index (χ3v) is 14.6. The molecule has 1 heterocycles. The first-order valence-corrected chi connectivity index (χ1v) is 32.3. The zero-order chi connectivity index (χ0) is 57.5. The number of aliphatic hydroxyl groups excluding tert-OH is 2. The first-order valence-electron chi connectivity index (χ1n) is 32.3. The molecular formula is C67H116O12. The number of carbonyl (C=O) groups excluding carboxylic acids is 3. The van der Waals surface area contributed by atoms with E-state index in [0.717, 1.165) is 89.9 Å². The number of hydrogen-bond donors (Lipinski definition) is 3. The Labute approximate surface area is 481 Å². The summed E-state index contributed by atoms with van der Waals surface area (Å²) in [7, 11) is 0. The number of aliphatic carboxylic acids is 1. The van der Waals surface area contributed by atoms with E-state index in [2.05, 4.69) is 81.5 Å². The number of aliphatic hydroxyl groups is 2. The largest absolute Gasteiger partial charge is 0.479 e. The van der Waals surface area contributed by atoms with Crippen molar-refractivity contribution in [2.75, 3.05) is 13.2 Å². The molecule has 0 aromatic carbocycles. The van der Waals surface area contributed by atoms with Crippen LogP contribution < -0.4 is 0 Å². The summed E-state index contributed by atoms with van der Waals surface area (Å²) >= 11 is 0. The Morgan fingerprint density at radius 3 is 1.25 bits per heavy atom. The van der Waals surface area contributed by atoms with Crippen LogP contribution in [0.1, 0.15) is 290 Å². The van der Waals surface area contributed by atoms with Gasteiger partial charge in [0.2, 0.25) is 0 Å². The van der Waals surface area contributed by atoms with Crippen molar-refractivity contribution in [1.82, 2.24) is 0 Å². The molecule has 456 valence electrons. The van der Waals surface area contributed by atoms with Crippen LogP contribution in [0.15, 0.2) is 60.8 Å². The molecule has 1 saturated heterocycles. The summed E-state index contributed by atoms with van der Waals surface area (Å²) in [6.07, 6.45) is 56.1. The molecule has 0 amide bonds. The molecule has 0 spiro atoms. The summed E-state index contributed by atoms with van der Waals surface area (Å²) in [6, 6.07) is 0. The average Bonchev–Trinajstić information content (AvgIpc) is 3.46. The Bertz CT molecular complexity index is 1600. The van der Waals surface area contributed by atoms with Crippen LogP contribution in [-0.2, 0) is 42.9 Å². The molecule has 3 N–H and O–H groups in total. The molecule has 0 aromatic rings. The predicted octanol–water partition coefficient (Wildman–Crippen LogP) is 17.1. The smallest absolute Gasteiger partial charge is 0.335 e. The van der Waals surface area contributed by atoms with E-state index < -0.39 is 67.3 Å². The van der Waals surface area contributed by atoms with Gasteiger partial charge in [-0.1, -0.05) is 248 Å². The van der Waals surface area contributed by atoms with Gasteiger partial charge in [-0.2, -0.15) is 0 Å². The monoisotopic (exact) mass is 1110 g/mol. The predicted molar refractivity (Wildman–Crippen MR) is 322 cm³/mol. The Kier molecular flexibility index (Phi) is 51.1. The lowest BCUT2D eigenvalue weighted by Gasteiger charge is -2.40. The number of hydrogen-bond acceptors (Lipinski definition) is 11. The summed E-state index contributed by atoms with van der Waals surface area (Å²) in [5.74, 6) is -3.16. The minimum Gasteiger partial charge on any atom is -0.479 e. The Morgan fingerprint density at radius 1 is 0.430 bits per heavy atom. The van der Waals surface area contributed by atoms with Crippen molar-refractivity contribution in [2.24, 2.45) is 0 Å². The first kappa shape index (κ1) is 73.4. The van der Waals surface area contributed by atoms with Crippen molar-refractivity contribution in [2.45, 2.75) is 327 Å². The lowest BCUT2D eigenvalue weighted by Crippen LogP contribution is -2.61. The van der Waals surface area contributed by atoms with Crippen molar-refractivity contribution in [3.63, 3.8) is 0 Å². The molecule has 1 fully saturated rings. The van der Waals surface area contributed by atoms with Crippen LogP contribution in [0, 0.1) is 0 Å². The van der Waals surface area contributed by atoms with E-state index in [1.807, 2.05) is 0 Å². The third-order valence-electron chi connectivity index (χ3n) is 14.6. The van der Waals surface area contributed by atoms with Crippen molar-refractivity contribution >= 4 is 23.9 Å². The topological polar surface area (TPSA) is 175 Å². The molecule has 6 atom stereocenters. The van der Waals surface area contributed by atoms with Gasteiger partial charge in [-0.3, -0.25) is 14.4 Å². The summed E-state index contributed by atoms with van der Waals surface area (Å²) in [6.45, 7) is 5.88. The molecule has 6 unspecified atom stereocenters. The lowest BCUT2D eigenvalue weighted by molar-refractivity contribution is -0.301. The fourth-order valence-corrected chi connectivity index (χ4v) is 9.65. The van der Waals surface area contributed by atoms with Crippen molar-refractivity contribution < 1.29 is 58.2 Å². The van der Waals surface area contributed by atoms with E-state index in [-0.39, 0.29) is 25.9 Å². The van der Waals surface area contributed by atoms with Crippen LogP contribution in [-0.4, -0.2) is 89.2 Å². The number of carboxylic acid groups (broad SMARTS) is 1. The van der Waals surface area contributed by atoms with Gasteiger partial charge < -0.3 is 39.0 Å². The maximum Gasteiger partial charge on any atom is 0.335 e. The van der Waals surface area contributed by atoms with E-state index in [4.69, 9.17) is 23.7 Å². The number of esters is 3. The van der Waals surface area contributed by atoms with Crippen molar-refractivity contribution in [1.29, 1.82) is 0 Å². The Balaban J connectivity index is 2.68. The summed E-state index contributed by atoms with van der Waals surface area (Å²) < 4.78 is 28.5. The standard InChI is InChI=1S/C67H116O12/c1-4-7-10-13-16-19-22-25-28-30-33-35-38-41-44-47-50-53-59(68)75-56-58(77-60(69)54-51-48-45-42-39-36-32-27-24-21-18-15-12-9-6-3)57-76-67-65(63(72)62(71)64(79-67)66(73)74)78-61(70)55-52-49-46-43-40-37-34-31-29-26-23-20-17-14-11-8-5-2/h9,12,18,21,26-27,29,32,39,42,58,62-65,67,71-72H,4-8,10-11,13-17,19-20,22-25,28,30-31,33-38,40-41,43-57H2,1-3H3,(H,73,74)/b12-9-,21-18-,29-26-,32-27-,42-39-. The molecule has 0 saturated carbocycles. The highest BCUT2D eigenvalue weighted by Gasteiger charge is 2.50. The molecule has 12 heteroatoms. The molecule has 1 aliphatic rings. The zero-order valence-electron chi connectivity index (χ0n) is 50.4. The van der Waals surface area contributed by atoms with Gasteiger partial charge in [0.15, 0.2) is 24.6 Å². The fraction of sp³-hybridized carbons (Fsp3) is 0.791. The first-order chi connectivity index (χ1) is 38.6. The maximum atomic E-state index is 13.2. The summed E-state index contributed by atoms with van der Waals surface area (Å²) in [4.78, 5) is 51.3. The van der Waals surface area contributed by atoms with Gasteiger partial charge in [-0.15, -0.1) is 0 Å². The van der Waals surface area contributed by atoms with Gasteiger partial charge >= 0.3 is 23.9 Å². The van der Waals surface area contributed by atoms with Gasteiger partial charge in [-0.25, -0.2) is 4.79 Å². The number of carbonyl (C=O) groups is 4. The average molecular weight is 1110 g/mol. The van der Waals surface area contributed by atoms with E-state index in [1.54, 1.807) is 0 Å². The number of unbranched alkanes of at least 4 members (excludes halogenated alkanes) is 31. The number of carboxylic acids is 1. The van der Waals surface area contributed by atoms with Gasteiger partial charge in [-0.05, 0) is 83.5 Å². The van der Waals surface area contributed by atoms with Gasteiger partial charge in [0, 0.05) is 19.3 Å². The number of rotatable bonds is 55. The molecular weight excluding hydrogens is 997 g/mol. The molecule has 0 radical (unpaired) electrons. The van der Waals surface area contributed by atoms with Crippen LogP contribution in [0.2, 0.25) is 0 Å². The second-order valence-corrected chi connectivity index (χ2v) is 22.0. The molecule has 12 nitrogen and oxygen atoms in total. The quantitative estimate of drug-likeness (QED) is 0.0228. The van der Waals surface area contributed by atoms with Crippen molar-refractivity contribution in [3.8, 4) is 0 Å².